The Morgan fingerprint density at radius 2 is 1.28 bits per heavy atom. The van der Waals surface area contributed by atoms with Crippen molar-refractivity contribution in [3.05, 3.63) is 88.7 Å². The SMILES string of the molecule is COC(=O)C1=C(c2ccc(O)c(Br)c2)C(=O)[C@](c2ccc(O)c(Br)c2)(c2cc(Br)c(O)c(Br)c2)C1=O. The van der Waals surface area contributed by atoms with Crippen LogP contribution in [0.2, 0.25) is 0 Å². The number of esters is 1. The maximum Gasteiger partial charge on any atom is 0.342 e. The number of Topliss-reactive ketones (excluding diaryl/α,β-unsaturated/α-hetero) is 2. The molecule has 1 aliphatic rings. The van der Waals surface area contributed by atoms with Gasteiger partial charge in [-0.05, 0) is 117 Å². The van der Waals surface area contributed by atoms with Crippen LogP contribution in [0, 0.1) is 0 Å². The summed E-state index contributed by atoms with van der Waals surface area (Å²) in [5.41, 5.74) is -2.21. The maximum absolute atomic E-state index is 14.4. The van der Waals surface area contributed by atoms with E-state index in [1.807, 2.05) is 0 Å². The number of hydrogen-bond acceptors (Lipinski definition) is 7. The smallest absolute Gasteiger partial charge is 0.342 e. The molecule has 4 rings (SSSR count). The van der Waals surface area contributed by atoms with Gasteiger partial charge in [-0.25, -0.2) is 4.79 Å². The molecule has 0 aliphatic heterocycles. The van der Waals surface area contributed by atoms with Gasteiger partial charge >= 0.3 is 5.97 Å². The van der Waals surface area contributed by atoms with Crippen LogP contribution >= 0.6 is 63.7 Å². The fraction of sp³-hybridized carbons (Fsp3) is 0.0800. The molecule has 0 aromatic heterocycles. The molecule has 0 saturated heterocycles. The van der Waals surface area contributed by atoms with E-state index in [1.165, 1.54) is 48.5 Å². The molecule has 0 unspecified atom stereocenters. The highest BCUT2D eigenvalue weighted by Crippen LogP contribution is 2.51. The predicted octanol–water partition coefficient (Wildman–Crippen LogP) is 5.92. The van der Waals surface area contributed by atoms with Crippen molar-refractivity contribution in [3.8, 4) is 17.2 Å². The average molecular weight is 746 g/mol. The molecule has 0 spiro atoms. The summed E-state index contributed by atoms with van der Waals surface area (Å²) in [6.07, 6.45) is 0. The summed E-state index contributed by atoms with van der Waals surface area (Å²) in [7, 11) is 1.10. The van der Waals surface area contributed by atoms with Crippen molar-refractivity contribution in [2.75, 3.05) is 7.11 Å². The van der Waals surface area contributed by atoms with Crippen molar-refractivity contribution in [1.29, 1.82) is 0 Å². The minimum atomic E-state index is -2.07. The second kappa shape index (κ2) is 9.77. The number of rotatable bonds is 4. The van der Waals surface area contributed by atoms with E-state index >= 15 is 0 Å². The Morgan fingerprint density at radius 1 is 0.750 bits per heavy atom. The van der Waals surface area contributed by atoms with Gasteiger partial charge < -0.3 is 20.1 Å². The highest BCUT2D eigenvalue weighted by molar-refractivity contribution is 9.11. The first-order valence-corrected chi connectivity index (χ1v) is 13.2. The van der Waals surface area contributed by atoms with Crippen LogP contribution < -0.4 is 0 Å². The Morgan fingerprint density at radius 3 is 1.81 bits per heavy atom. The van der Waals surface area contributed by atoms with Crippen LogP contribution in [0.1, 0.15) is 16.7 Å². The molecule has 0 heterocycles. The first-order chi connectivity index (χ1) is 16.9. The van der Waals surface area contributed by atoms with Crippen LogP contribution in [0.15, 0.2) is 72.0 Å². The summed E-state index contributed by atoms with van der Waals surface area (Å²) in [5.74, 6) is -2.96. The number of hydrogen-bond donors (Lipinski definition) is 3. The molecule has 0 fully saturated rings. The van der Waals surface area contributed by atoms with Crippen LogP contribution in [0.3, 0.4) is 0 Å². The molecule has 36 heavy (non-hydrogen) atoms. The number of halogens is 4. The maximum atomic E-state index is 14.4. The third-order valence-electron chi connectivity index (χ3n) is 5.84. The van der Waals surface area contributed by atoms with Gasteiger partial charge in [-0.3, -0.25) is 9.59 Å². The first-order valence-electron chi connectivity index (χ1n) is 10.0. The normalized spacial score (nSPS) is 17.6. The highest BCUT2D eigenvalue weighted by atomic mass is 79.9. The molecule has 0 bridgehead atoms. The average Bonchev–Trinajstić information content (AvgIpc) is 3.07. The van der Waals surface area contributed by atoms with Crippen LogP contribution in [0.25, 0.3) is 5.57 Å². The third kappa shape index (κ3) is 4.02. The van der Waals surface area contributed by atoms with Gasteiger partial charge in [-0.2, -0.15) is 0 Å². The van der Waals surface area contributed by atoms with Crippen molar-refractivity contribution in [1.82, 2.24) is 0 Å². The Bertz CT molecular complexity index is 1490. The lowest BCUT2D eigenvalue weighted by atomic mass is 9.69. The minimum Gasteiger partial charge on any atom is -0.507 e. The number of phenolic OH excluding ortho intramolecular Hbond substituents is 3. The predicted molar refractivity (Wildman–Crippen MR) is 145 cm³/mol. The number of ketones is 2. The number of allylic oxidation sites excluding steroid dienone is 1. The van der Waals surface area contributed by atoms with Gasteiger partial charge in [0.25, 0.3) is 0 Å². The molecule has 184 valence electrons. The Kier molecular flexibility index (Phi) is 7.22. The van der Waals surface area contributed by atoms with Gasteiger partial charge in [0.2, 0.25) is 0 Å². The Balaban J connectivity index is 2.14. The molecule has 1 atom stereocenters. The molecule has 7 nitrogen and oxygen atoms in total. The molecule has 1 aliphatic carbocycles. The molecule has 11 heteroatoms. The number of benzene rings is 3. The van der Waals surface area contributed by atoms with Crippen molar-refractivity contribution in [2.45, 2.75) is 5.41 Å². The van der Waals surface area contributed by atoms with E-state index in [2.05, 4.69) is 63.7 Å². The van der Waals surface area contributed by atoms with E-state index in [0.29, 0.717) is 0 Å². The van der Waals surface area contributed by atoms with Crippen LogP contribution in [0.4, 0.5) is 0 Å². The topological polar surface area (TPSA) is 121 Å². The minimum absolute atomic E-state index is 0.101. The largest absolute Gasteiger partial charge is 0.507 e. The summed E-state index contributed by atoms with van der Waals surface area (Å²) in [6.45, 7) is 0. The van der Waals surface area contributed by atoms with Gasteiger partial charge in [0.05, 0.1) is 25.0 Å². The molecule has 3 aromatic rings. The zero-order chi connectivity index (χ0) is 26.5. The molecular formula is C25H14Br4O7. The van der Waals surface area contributed by atoms with Crippen molar-refractivity contribution >= 4 is 86.8 Å². The zero-order valence-corrected chi connectivity index (χ0v) is 24.4. The van der Waals surface area contributed by atoms with Gasteiger partial charge in [0.1, 0.15) is 28.2 Å². The second-order valence-corrected chi connectivity index (χ2v) is 11.2. The van der Waals surface area contributed by atoms with Gasteiger partial charge in [0, 0.05) is 5.57 Å². The number of phenols is 3. The first kappa shape index (κ1) is 26.6. The fourth-order valence-corrected chi connectivity index (χ4v) is 6.10. The van der Waals surface area contributed by atoms with Gasteiger partial charge in [-0.15, -0.1) is 0 Å². The van der Waals surface area contributed by atoms with Gasteiger partial charge in [-0.1, -0.05) is 12.1 Å². The van der Waals surface area contributed by atoms with E-state index in [0.717, 1.165) is 7.11 Å². The lowest BCUT2D eigenvalue weighted by Crippen LogP contribution is -2.42. The lowest BCUT2D eigenvalue weighted by molar-refractivity contribution is -0.138. The molecule has 3 N–H and O–H groups in total. The van der Waals surface area contributed by atoms with Crippen LogP contribution in [-0.4, -0.2) is 40.0 Å². The summed E-state index contributed by atoms with van der Waals surface area (Å²) >= 11 is 12.9. The van der Waals surface area contributed by atoms with E-state index in [1.54, 1.807) is 0 Å². The van der Waals surface area contributed by atoms with E-state index in [-0.39, 0.29) is 57.4 Å². The van der Waals surface area contributed by atoms with Gasteiger partial charge in [0.15, 0.2) is 11.6 Å². The summed E-state index contributed by atoms with van der Waals surface area (Å²) in [4.78, 5) is 41.6. The molecule has 3 aromatic carbocycles. The molecular weight excluding hydrogens is 732 g/mol. The van der Waals surface area contributed by atoms with Crippen LogP contribution in [0.5, 0.6) is 17.2 Å². The highest BCUT2D eigenvalue weighted by Gasteiger charge is 2.59. The van der Waals surface area contributed by atoms with Crippen molar-refractivity contribution in [2.24, 2.45) is 0 Å². The van der Waals surface area contributed by atoms with Crippen molar-refractivity contribution < 1.29 is 34.4 Å². The monoisotopic (exact) mass is 742 g/mol. The second-order valence-electron chi connectivity index (χ2n) is 7.77. The Labute approximate surface area is 238 Å². The summed E-state index contributed by atoms with van der Waals surface area (Å²) in [5, 5.41) is 30.3. The van der Waals surface area contributed by atoms with E-state index in [4.69, 9.17) is 4.74 Å². The van der Waals surface area contributed by atoms with E-state index in [9.17, 15) is 29.7 Å². The summed E-state index contributed by atoms with van der Waals surface area (Å²) in [6, 6.07) is 11.1. The molecule has 0 amide bonds. The number of aromatic hydroxyl groups is 3. The van der Waals surface area contributed by atoms with Crippen molar-refractivity contribution in [3.63, 3.8) is 0 Å². The molecule has 0 radical (unpaired) electrons. The number of carbonyl (C=O) groups excluding carboxylic acids is 3. The molecule has 0 saturated carbocycles. The van der Waals surface area contributed by atoms with E-state index < -0.39 is 28.5 Å². The standard InChI is InChI=1S/C25H14Br4O7/c1-36-24(35)20-19(10-2-4-17(30)13(26)6-10)22(33)25(23(20)34,11-3-5-18(31)14(27)7-11)12-8-15(28)21(32)16(29)9-12/h2-9,30-32H,1H3/t25-/m0/s1. The number of methoxy groups -OCH3 is 1. The summed E-state index contributed by atoms with van der Waals surface area (Å²) < 4.78 is 5.76. The fourth-order valence-electron chi connectivity index (χ4n) is 4.15. The van der Waals surface area contributed by atoms with Crippen LogP contribution in [-0.2, 0) is 24.5 Å². The number of ether oxygens (including phenoxy) is 1. The number of carbonyl (C=O) groups is 3. The third-order valence-corrected chi connectivity index (χ3v) is 8.32. The lowest BCUT2D eigenvalue weighted by Gasteiger charge is -2.29. The zero-order valence-electron chi connectivity index (χ0n) is 18.1. The quantitative estimate of drug-likeness (QED) is 0.172. The Hall–Kier alpha value is -2.47.